The number of nitrogens with zero attached hydrogens (tertiary/aromatic N) is 1. The smallest absolute Gasteiger partial charge is 0.123 e. The maximum absolute atomic E-state index is 12.8. The molecule has 0 fully saturated rings. The average Bonchev–Trinajstić information content (AvgIpc) is 2.14. The highest BCUT2D eigenvalue weighted by atomic mass is 79.9. The van der Waals surface area contributed by atoms with Gasteiger partial charge in [0.2, 0.25) is 0 Å². The van der Waals surface area contributed by atoms with Crippen LogP contribution in [0.1, 0.15) is 18.1 Å². The Morgan fingerprint density at radius 1 is 1.40 bits per heavy atom. The number of halogens is 2. The molecular formula is C11H17BrFNO. The minimum Gasteiger partial charge on any atom is -0.388 e. The first kappa shape index (κ1) is 14.6. The van der Waals surface area contributed by atoms with Crippen molar-refractivity contribution in [1.82, 2.24) is 4.90 Å². The zero-order valence-corrected chi connectivity index (χ0v) is 10.7. The summed E-state index contributed by atoms with van der Waals surface area (Å²) in [6, 6.07) is 6.11. The third-order valence-corrected chi connectivity index (χ3v) is 2.08. The number of benzene rings is 1. The van der Waals surface area contributed by atoms with E-state index in [1.165, 1.54) is 12.1 Å². The molecule has 0 aliphatic heterocycles. The van der Waals surface area contributed by atoms with Crippen LogP contribution in [-0.2, 0) is 0 Å². The Hall–Kier alpha value is -0.450. The molecule has 0 radical (unpaired) electrons. The molecule has 1 atom stereocenters. The van der Waals surface area contributed by atoms with Crippen molar-refractivity contribution in [2.75, 3.05) is 20.6 Å². The van der Waals surface area contributed by atoms with Gasteiger partial charge in [-0.3, -0.25) is 0 Å². The van der Waals surface area contributed by atoms with E-state index in [2.05, 4.69) is 0 Å². The summed E-state index contributed by atoms with van der Waals surface area (Å²) < 4.78 is 12.8. The molecule has 0 aliphatic carbocycles. The molecule has 1 unspecified atom stereocenters. The van der Waals surface area contributed by atoms with Crippen LogP contribution in [0.2, 0.25) is 0 Å². The minimum absolute atomic E-state index is 0. The molecule has 86 valence electrons. The number of aliphatic hydroxyl groups excluding tert-OH is 1. The van der Waals surface area contributed by atoms with E-state index in [4.69, 9.17) is 0 Å². The Bertz CT molecular complexity index is 294. The lowest BCUT2D eigenvalue weighted by atomic mass is 10.1. The largest absolute Gasteiger partial charge is 0.388 e. The van der Waals surface area contributed by atoms with Crippen LogP contribution in [-0.4, -0.2) is 30.6 Å². The highest BCUT2D eigenvalue weighted by Crippen LogP contribution is 2.17. The molecule has 2 nitrogen and oxygen atoms in total. The molecule has 0 heterocycles. The third kappa shape index (κ3) is 5.25. The van der Waals surface area contributed by atoms with Gasteiger partial charge in [-0.15, -0.1) is 17.0 Å². The number of rotatable bonds is 4. The fourth-order valence-electron chi connectivity index (χ4n) is 1.26. The Kier molecular flexibility index (Phi) is 6.72. The van der Waals surface area contributed by atoms with E-state index in [1.54, 1.807) is 12.1 Å². The number of aliphatic hydroxyl groups is 1. The Morgan fingerprint density at radius 2 is 2.07 bits per heavy atom. The summed E-state index contributed by atoms with van der Waals surface area (Å²) in [5.74, 6) is -0.300. The second-order valence-electron chi connectivity index (χ2n) is 3.66. The molecule has 0 aliphatic rings. The fraction of sp³-hybridized carbons (Fsp3) is 0.455. The zero-order chi connectivity index (χ0) is 10.6. The molecule has 1 N–H and O–H groups in total. The SMILES string of the molecule is Br.CN(C)CCC(O)c1cccc(F)c1. The quantitative estimate of drug-likeness (QED) is 0.914. The number of hydrogen-bond acceptors (Lipinski definition) is 2. The Labute approximate surface area is 100 Å². The summed E-state index contributed by atoms with van der Waals surface area (Å²) in [7, 11) is 3.89. The monoisotopic (exact) mass is 277 g/mol. The first-order valence-electron chi connectivity index (χ1n) is 4.68. The summed E-state index contributed by atoms with van der Waals surface area (Å²) in [5, 5.41) is 9.70. The van der Waals surface area contributed by atoms with Crippen molar-refractivity contribution in [3.63, 3.8) is 0 Å². The van der Waals surface area contributed by atoms with E-state index in [0.717, 1.165) is 6.54 Å². The summed E-state index contributed by atoms with van der Waals surface area (Å²) in [5.41, 5.74) is 0.645. The fourth-order valence-corrected chi connectivity index (χ4v) is 1.26. The Morgan fingerprint density at radius 3 is 2.60 bits per heavy atom. The van der Waals surface area contributed by atoms with Crippen molar-refractivity contribution in [3.05, 3.63) is 35.6 Å². The van der Waals surface area contributed by atoms with Crippen molar-refractivity contribution in [3.8, 4) is 0 Å². The van der Waals surface area contributed by atoms with Crippen LogP contribution in [0.3, 0.4) is 0 Å². The van der Waals surface area contributed by atoms with Crippen molar-refractivity contribution in [1.29, 1.82) is 0 Å². The molecule has 1 aromatic rings. The van der Waals surface area contributed by atoms with E-state index < -0.39 is 6.10 Å². The van der Waals surface area contributed by atoms with Crippen LogP contribution in [0.4, 0.5) is 4.39 Å². The molecule has 1 rings (SSSR count). The lowest BCUT2D eigenvalue weighted by molar-refractivity contribution is 0.154. The van der Waals surface area contributed by atoms with Gasteiger partial charge in [-0.1, -0.05) is 12.1 Å². The molecule has 0 aromatic heterocycles. The van der Waals surface area contributed by atoms with Crippen LogP contribution in [0.15, 0.2) is 24.3 Å². The summed E-state index contributed by atoms with van der Waals surface area (Å²) in [6.07, 6.45) is 0.0456. The average molecular weight is 278 g/mol. The lowest BCUT2D eigenvalue weighted by Crippen LogP contribution is -2.15. The first-order valence-corrected chi connectivity index (χ1v) is 4.68. The predicted molar refractivity (Wildman–Crippen MR) is 64.9 cm³/mol. The Balaban J connectivity index is 0.00000196. The van der Waals surface area contributed by atoms with Crippen LogP contribution in [0.25, 0.3) is 0 Å². The van der Waals surface area contributed by atoms with Crippen molar-refractivity contribution in [2.24, 2.45) is 0 Å². The molecule has 0 spiro atoms. The van der Waals surface area contributed by atoms with E-state index in [9.17, 15) is 9.50 Å². The van der Waals surface area contributed by atoms with Crippen molar-refractivity contribution < 1.29 is 9.50 Å². The zero-order valence-electron chi connectivity index (χ0n) is 8.98. The minimum atomic E-state index is -0.576. The van der Waals surface area contributed by atoms with Gasteiger partial charge in [-0.05, 0) is 38.2 Å². The van der Waals surface area contributed by atoms with Gasteiger partial charge in [-0.2, -0.15) is 0 Å². The van der Waals surface area contributed by atoms with Crippen LogP contribution in [0.5, 0.6) is 0 Å². The molecule has 0 amide bonds. The van der Waals surface area contributed by atoms with Gasteiger partial charge in [0.15, 0.2) is 0 Å². The van der Waals surface area contributed by atoms with Gasteiger partial charge >= 0.3 is 0 Å². The second-order valence-corrected chi connectivity index (χ2v) is 3.66. The molecule has 0 saturated heterocycles. The van der Waals surface area contributed by atoms with Gasteiger partial charge in [0, 0.05) is 6.54 Å². The lowest BCUT2D eigenvalue weighted by Gasteiger charge is -2.14. The van der Waals surface area contributed by atoms with Crippen LogP contribution in [0, 0.1) is 5.82 Å². The van der Waals surface area contributed by atoms with E-state index >= 15 is 0 Å². The molecule has 1 aromatic carbocycles. The molecule has 4 heteroatoms. The predicted octanol–water partition coefficient (Wildman–Crippen LogP) is 2.39. The molecule has 15 heavy (non-hydrogen) atoms. The summed E-state index contributed by atoms with van der Waals surface area (Å²) >= 11 is 0. The van der Waals surface area contributed by atoms with Gasteiger partial charge in [0.1, 0.15) is 5.82 Å². The first-order chi connectivity index (χ1) is 6.59. The van der Waals surface area contributed by atoms with Crippen LogP contribution >= 0.6 is 17.0 Å². The molecule has 0 saturated carbocycles. The van der Waals surface area contributed by atoms with Gasteiger partial charge in [-0.25, -0.2) is 4.39 Å². The van der Waals surface area contributed by atoms with Crippen molar-refractivity contribution >= 4 is 17.0 Å². The van der Waals surface area contributed by atoms with Crippen molar-refractivity contribution in [2.45, 2.75) is 12.5 Å². The second kappa shape index (κ2) is 6.93. The molecule has 0 bridgehead atoms. The maximum atomic E-state index is 12.8. The summed E-state index contributed by atoms with van der Waals surface area (Å²) in [4.78, 5) is 1.99. The van der Waals surface area contributed by atoms with E-state index in [0.29, 0.717) is 12.0 Å². The third-order valence-electron chi connectivity index (χ3n) is 2.08. The van der Waals surface area contributed by atoms with Gasteiger partial charge < -0.3 is 10.0 Å². The maximum Gasteiger partial charge on any atom is 0.123 e. The van der Waals surface area contributed by atoms with E-state index in [-0.39, 0.29) is 22.8 Å². The summed E-state index contributed by atoms with van der Waals surface area (Å²) in [6.45, 7) is 0.789. The highest BCUT2D eigenvalue weighted by Gasteiger charge is 2.07. The highest BCUT2D eigenvalue weighted by molar-refractivity contribution is 8.93. The van der Waals surface area contributed by atoms with Gasteiger partial charge in [0.05, 0.1) is 6.10 Å². The van der Waals surface area contributed by atoms with E-state index in [1.807, 2.05) is 19.0 Å². The molecular weight excluding hydrogens is 261 g/mol. The van der Waals surface area contributed by atoms with Gasteiger partial charge in [0.25, 0.3) is 0 Å². The van der Waals surface area contributed by atoms with Crippen LogP contribution < -0.4 is 0 Å². The number of hydrogen-bond donors (Lipinski definition) is 1. The topological polar surface area (TPSA) is 23.5 Å². The standard InChI is InChI=1S/C11H16FNO.BrH/c1-13(2)7-6-11(14)9-4-3-5-10(12)8-9;/h3-5,8,11,14H,6-7H2,1-2H3;1H. The normalized spacial score (nSPS) is 12.3.